The summed E-state index contributed by atoms with van der Waals surface area (Å²) in [6.07, 6.45) is -1.03. The summed E-state index contributed by atoms with van der Waals surface area (Å²) in [5, 5.41) is 23.4. The number of benzene rings is 1. The van der Waals surface area contributed by atoms with Crippen LogP contribution in [0.5, 0.6) is 0 Å². The van der Waals surface area contributed by atoms with Crippen LogP contribution in [0.1, 0.15) is 50.7 Å². The van der Waals surface area contributed by atoms with Crippen LogP contribution < -0.4 is 5.32 Å². The highest BCUT2D eigenvalue weighted by Crippen LogP contribution is 2.20. The second kappa shape index (κ2) is 8.45. The van der Waals surface area contributed by atoms with Gasteiger partial charge in [0.25, 0.3) is 11.6 Å². The molecule has 1 atom stereocenters. The fourth-order valence-electron chi connectivity index (χ4n) is 2.70. The highest BCUT2D eigenvalue weighted by atomic mass is 16.6. The molecule has 0 saturated carbocycles. The van der Waals surface area contributed by atoms with Crippen molar-refractivity contribution in [3.63, 3.8) is 0 Å². The number of amides is 1. The quantitative estimate of drug-likeness (QED) is 0.386. The average molecular weight is 375 g/mol. The molecule has 0 aliphatic rings. The Balaban J connectivity index is 2.06. The van der Waals surface area contributed by atoms with E-state index in [-0.39, 0.29) is 24.5 Å². The molecule has 144 valence electrons. The largest absolute Gasteiger partial charge is 0.462 e. The van der Waals surface area contributed by atoms with Gasteiger partial charge in [0.05, 0.1) is 23.2 Å². The summed E-state index contributed by atoms with van der Waals surface area (Å²) < 4.78 is 4.99. The Morgan fingerprint density at radius 3 is 2.48 bits per heavy atom. The van der Waals surface area contributed by atoms with Gasteiger partial charge in [0, 0.05) is 24.4 Å². The third-order valence-corrected chi connectivity index (χ3v) is 4.09. The van der Waals surface area contributed by atoms with Crippen LogP contribution in [0.3, 0.4) is 0 Å². The van der Waals surface area contributed by atoms with E-state index in [0.29, 0.717) is 22.4 Å². The highest BCUT2D eigenvalue weighted by molar-refractivity contribution is 6.00. The van der Waals surface area contributed by atoms with Gasteiger partial charge in [0.1, 0.15) is 5.69 Å². The molecule has 1 aromatic carbocycles. The number of carbonyl (C=O) groups is 2. The molecule has 2 rings (SSSR count). The lowest BCUT2D eigenvalue weighted by molar-refractivity contribution is -0.384. The molecule has 9 nitrogen and oxygen atoms in total. The van der Waals surface area contributed by atoms with Crippen molar-refractivity contribution in [2.24, 2.45) is 0 Å². The summed E-state index contributed by atoms with van der Waals surface area (Å²) in [5.74, 6) is -0.985. The number of rotatable bonds is 7. The van der Waals surface area contributed by atoms with Crippen LogP contribution in [0.4, 0.5) is 5.69 Å². The number of ether oxygens (including phenoxy) is 1. The van der Waals surface area contributed by atoms with Gasteiger partial charge < -0.3 is 20.1 Å². The first kappa shape index (κ1) is 20.1. The number of aryl methyl sites for hydroxylation is 1. The van der Waals surface area contributed by atoms with Crippen LogP contribution in [0.15, 0.2) is 24.3 Å². The van der Waals surface area contributed by atoms with E-state index in [1.165, 1.54) is 24.3 Å². The lowest BCUT2D eigenvalue weighted by atomic mass is 10.1. The fraction of sp³-hybridized carbons (Fsp3) is 0.333. The number of non-ortho nitro benzene ring substituents is 1. The topological polar surface area (TPSA) is 135 Å². The van der Waals surface area contributed by atoms with Crippen molar-refractivity contribution in [3.05, 3.63) is 62.5 Å². The number of esters is 1. The van der Waals surface area contributed by atoms with Crippen molar-refractivity contribution in [2.75, 3.05) is 13.2 Å². The monoisotopic (exact) mass is 375 g/mol. The molecule has 0 unspecified atom stereocenters. The number of carbonyl (C=O) groups excluding carboxylic acids is 2. The number of nitro groups is 1. The minimum absolute atomic E-state index is 0.0843. The van der Waals surface area contributed by atoms with Gasteiger partial charge in [-0.15, -0.1) is 0 Å². The first-order valence-corrected chi connectivity index (χ1v) is 8.33. The average Bonchev–Trinajstić information content (AvgIpc) is 2.94. The van der Waals surface area contributed by atoms with Crippen molar-refractivity contribution >= 4 is 17.6 Å². The molecule has 0 aliphatic heterocycles. The smallest absolute Gasteiger partial charge is 0.340 e. The molecular formula is C18H21N3O6. The number of aliphatic hydroxyl groups is 1. The van der Waals surface area contributed by atoms with Gasteiger partial charge in [-0.3, -0.25) is 14.9 Å². The Hall–Kier alpha value is -3.20. The number of aromatic amines is 1. The summed E-state index contributed by atoms with van der Waals surface area (Å²) in [6, 6.07) is 5.42. The predicted octanol–water partition coefficient (Wildman–Crippen LogP) is 2.18. The van der Waals surface area contributed by atoms with E-state index < -0.39 is 22.9 Å². The van der Waals surface area contributed by atoms with Crippen LogP contribution in [-0.4, -0.2) is 40.0 Å². The van der Waals surface area contributed by atoms with E-state index in [9.17, 15) is 24.8 Å². The molecule has 0 spiro atoms. The number of aromatic nitrogens is 1. The maximum atomic E-state index is 12.4. The lowest BCUT2D eigenvalue weighted by Gasteiger charge is -2.12. The van der Waals surface area contributed by atoms with Crippen LogP contribution in [-0.2, 0) is 4.74 Å². The van der Waals surface area contributed by atoms with Crippen LogP contribution >= 0.6 is 0 Å². The molecule has 1 heterocycles. The molecule has 0 saturated heterocycles. The molecule has 0 bridgehead atoms. The van der Waals surface area contributed by atoms with Crippen LogP contribution in [0, 0.1) is 24.0 Å². The Morgan fingerprint density at radius 2 is 1.93 bits per heavy atom. The number of hydrogen-bond acceptors (Lipinski definition) is 6. The zero-order valence-electron chi connectivity index (χ0n) is 15.2. The Labute approximate surface area is 155 Å². The molecule has 0 aliphatic carbocycles. The lowest BCUT2D eigenvalue weighted by Crippen LogP contribution is -2.29. The molecular weight excluding hydrogens is 354 g/mol. The van der Waals surface area contributed by atoms with E-state index in [4.69, 9.17) is 4.74 Å². The number of nitro benzene ring substituents is 1. The molecule has 2 aromatic rings. The van der Waals surface area contributed by atoms with E-state index in [1.807, 2.05) is 0 Å². The SMILES string of the molecule is CCOC(=O)c1c(C)[nH]c(C(=O)NC[C@H](O)c2ccc([N+](=O)[O-])cc2)c1C. The first-order valence-electron chi connectivity index (χ1n) is 8.33. The van der Waals surface area contributed by atoms with Gasteiger partial charge in [-0.2, -0.15) is 0 Å². The summed E-state index contributed by atoms with van der Waals surface area (Å²) in [7, 11) is 0. The third-order valence-electron chi connectivity index (χ3n) is 4.09. The van der Waals surface area contributed by atoms with Crippen molar-refractivity contribution in [1.29, 1.82) is 0 Å². The first-order chi connectivity index (χ1) is 12.8. The standard InChI is InChI=1S/C18H21N3O6/c1-4-27-18(24)15-10(2)16(20-11(15)3)17(23)19-9-14(22)12-5-7-13(8-6-12)21(25)26/h5-8,14,20,22H,4,9H2,1-3H3,(H,19,23)/t14-/m0/s1. The van der Waals surface area contributed by atoms with Gasteiger partial charge in [-0.1, -0.05) is 0 Å². The number of hydrogen-bond donors (Lipinski definition) is 3. The predicted molar refractivity (Wildman–Crippen MR) is 96.6 cm³/mol. The molecule has 0 fully saturated rings. The van der Waals surface area contributed by atoms with Gasteiger partial charge in [-0.25, -0.2) is 4.79 Å². The van der Waals surface area contributed by atoms with Gasteiger partial charge in [0.2, 0.25) is 0 Å². The Bertz CT molecular complexity index is 857. The summed E-state index contributed by atoms with van der Waals surface area (Å²) >= 11 is 0. The van der Waals surface area contributed by atoms with Crippen molar-refractivity contribution in [1.82, 2.24) is 10.3 Å². The Kier molecular flexibility index (Phi) is 6.30. The summed E-state index contributed by atoms with van der Waals surface area (Å²) in [5.41, 5.74) is 1.87. The molecule has 27 heavy (non-hydrogen) atoms. The zero-order chi connectivity index (χ0) is 20.1. The minimum atomic E-state index is -1.03. The molecule has 1 aromatic heterocycles. The van der Waals surface area contributed by atoms with Crippen molar-refractivity contribution < 1.29 is 24.4 Å². The Morgan fingerprint density at radius 1 is 1.30 bits per heavy atom. The van der Waals surface area contributed by atoms with Gasteiger partial charge in [0.15, 0.2) is 0 Å². The van der Waals surface area contributed by atoms with E-state index in [0.717, 1.165) is 0 Å². The molecule has 0 radical (unpaired) electrons. The van der Waals surface area contributed by atoms with E-state index in [2.05, 4.69) is 10.3 Å². The van der Waals surface area contributed by atoms with Crippen LogP contribution in [0.2, 0.25) is 0 Å². The third kappa shape index (κ3) is 4.50. The van der Waals surface area contributed by atoms with Gasteiger partial charge >= 0.3 is 5.97 Å². The zero-order valence-corrected chi connectivity index (χ0v) is 15.2. The summed E-state index contributed by atoms with van der Waals surface area (Å²) in [6.45, 7) is 5.14. The van der Waals surface area contributed by atoms with Gasteiger partial charge in [-0.05, 0) is 44.0 Å². The van der Waals surface area contributed by atoms with E-state index in [1.54, 1.807) is 20.8 Å². The normalized spacial score (nSPS) is 11.7. The number of nitrogens with one attached hydrogen (secondary N) is 2. The highest BCUT2D eigenvalue weighted by Gasteiger charge is 2.23. The second-order valence-electron chi connectivity index (χ2n) is 5.92. The van der Waals surface area contributed by atoms with Crippen molar-refractivity contribution in [2.45, 2.75) is 26.9 Å². The number of H-pyrrole nitrogens is 1. The maximum Gasteiger partial charge on any atom is 0.340 e. The molecule has 1 amide bonds. The number of nitrogens with zero attached hydrogens (tertiary/aromatic N) is 1. The minimum Gasteiger partial charge on any atom is -0.462 e. The van der Waals surface area contributed by atoms with Crippen LogP contribution in [0.25, 0.3) is 0 Å². The second-order valence-corrected chi connectivity index (χ2v) is 5.92. The fourth-order valence-corrected chi connectivity index (χ4v) is 2.70. The molecule has 3 N–H and O–H groups in total. The van der Waals surface area contributed by atoms with Crippen molar-refractivity contribution in [3.8, 4) is 0 Å². The maximum absolute atomic E-state index is 12.4. The number of aliphatic hydroxyl groups excluding tert-OH is 1. The summed E-state index contributed by atoms with van der Waals surface area (Å²) in [4.78, 5) is 37.4. The molecule has 9 heteroatoms. The van der Waals surface area contributed by atoms with E-state index >= 15 is 0 Å².